The zero-order chi connectivity index (χ0) is 35.4. The lowest BCUT2D eigenvalue weighted by molar-refractivity contribution is -0.134. The Morgan fingerprint density at radius 3 is 1.80 bits per heavy atom. The van der Waals surface area contributed by atoms with E-state index in [-0.39, 0.29) is 42.2 Å². The number of ketones is 2. The van der Waals surface area contributed by atoms with Gasteiger partial charge in [0, 0.05) is 37.8 Å². The molecule has 0 aromatic heterocycles. The number of guanidine groups is 1. The minimum absolute atomic E-state index is 0.0342. The van der Waals surface area contributed by atoms with E-state index in [9.17, 15) is 19.2 Å². The fourth-order valence-electron chi connectivity index (χ4n) is 5.73. The maximum absolute atomic E-state index is 13.9. The number of unbranched alkanes of at least 4 members (excludes halogenated alkanes) is 1. The predicted molar refractivity (Wildman–Crippen MR) is 194 cm³/mol. The van der Waals surface area contributed by atoms with Gasteiger partial charge in [-0.1, -0.05) is 111 Å². The number of benzene rings is 3. The minimum atomic E-state index is -0.805. The number of nitrogens with one attached hydrogen (secondary N) is 2. The number of nitrogens with zero attached hydrogens (tertiary/aromatic N) is 1. The molecule has 0 spiro atoms. The third-order valence-corrected chi connectivity index (χ3v) is 8.54. The molecule has 3 aromatic rings. The zero-order valence-corrected chi connectivity index (χ0v) is 28.6. The zero-order valence-electron chi connectivity index (χ0n) is 28.6. The summed E-state index contributed by atoms with van der Waals surface area (Å²) in [6.07, 6.45) is 3.42. The van der Waals surface area contributed by atoms with Crippen LogP contribution in [0.3, 0.4) is 0 Å². The third kappa shape index (κ3) is 14.4. The van der Waals surface area contributed by atoms with Crippen LogP contribution in [0.25, 0.3) is 0 Å². The Labute approximate surface area is 290 Å². The standard InChI is InChI=1S/C39H52N6O4/c1-2-3-21-34(36(47)25-31(20-13-22-43-39(41)42)37(48)44-27-30-18-11-6-12-19-30)45-38(49)32(23-28-14-7-4-8-15-28)26-35(46)33(40)24-29-16-9-5-10-17-29/h4-12,14-19,31-34H,2-3,13,20-27,40H2,1H3,(H,44,48)(H,45,49)(H4,41,42,43)/t31-,32-,33+,34+/m0/s1. The molecule has 0 fully saturated rings. The number of nitrogens with two attached hydrogens (primary N) is 3. The molecular weight excluding hydrogens is 616 g/mol. The second-order valence-corrected chi connectivity index (χ2v) is 12.6. The lowest BCUT2D eigenvalue weighted by Crippen LogP contribution is -2.46. The number of hydrogen-bond acceptors (Lipinski definition) is 6. The van der Waals surface area contributed by atoms with Gasteiger partial charge in [0.15, 0.2) is 17.5 Å². The summed E-state index contributed by atoms with van der Waals surface area (Å²) in [5, 5.41) is 5.94. The molecule has 2 amide bonds. The first-order valence-electron chi connectivity index (χ1n) is 17.2. The summed E-state index contributed by atoms with van der Waals surface area (Å²) in [5.74, 6) is -2.46. The molecule has 3 rings (SSSR count). The Morgan fingerprint density at radius 2 is 1.22 bits per heavy atom. The molecule has 0 aliphatic heterocycles. The predicted octanol–water partition coefficient (Wildman–Crippen LogP) is 3.99. The van der Waals surface area contributed by atoms with E-state index in [4.69, 9.17) is 17.2 Å². The summed E-state index contributed by atoms with van der Waals surface area (Å²) >= 11 is 0. The molecule has 10 nitrogen and oxygen atoms in total. The fourth-order valence-corrected chi connectivity index (χ4v) is 5.73. The van der Waals surface area contributed by atoms with Gasteiger partial charge in [0.2, 0.25) is 11.8 Å². The molecule has 0 aliphatic carbocycles. The van der Waals surface area contributed by atoms with Crippen molar-refractivity contribution in [2.75, 3.05) is 6.54 Å². The minimum Gasteiger partial charge on any atom is -0.370 e. The van der Waals surface area contributed by atoms with Crippen molar-refractivity contribution in [2.24, 2.45) is 34.0 Å². The fraction of sp³-hybridized carbons (Fsp3) is 0.410. The number of rotatable bonds is 22. The first kappa shape index (κ1) is 38.6. The normalized spacial score (nSPS) is 13.3. The molecule has 49 heavy (non-hydrogen) atoms. The van der Waals surface area contributed by atoms with Crippen molar-refractivity contribution in [3.63, 3.8) is 0 Å². The first-order chi connectivity index (χ1) is 23.7. The van der Waals surface area contributed by atoms with Crippen molar-refractivity contribution >= 4 is 29.3 Å². The highest BCUT2D eigenvalue weighted by molar-refractivity contribution is 5.94. The molecule has 262 valence electrons. The molecular formula is C39H52N6O4. The summed E-state index contributed by atoms with van der Waals surface area (Å²) in [6.45, 7) is 2.67. The SMILES string of the molecule is CCCC[C@@H](NC(=O)[C@H](CC(=O)[C@H](N)Cc1ccccc1)Cc1ccccc1)C(=O)C[C@H](CCCN=C(N)N)C(=O)NCc1ccccc1. The molecule has 0 saturated heterocycles. The van der Waals surface area contributed by atoms with E-state index in [2.05, 4.69) is 15.6 Å². The van der Waals surface area contributed by atoms with Gasteiger partial charge in [-0.2, -0.15) is 0 Å². The summed E-state index contributed by atoms with van der Waals surface area (Å²) in [6, 6.07) is 27.0. The van der Waals surface area contributed by atoms with E-state index >= 15 is 0 Å². The Bertz CT molecular complexity index is 1480. The van der Waals surface area contributed by atoms with Gasteiger partial charge in [-0.15, -0.1) is 0 Å². The quantitative estimate of drug-likeness (QED) is 0.0609. The number of hydrogen-bond donors (Lipinski definition) is 5. The number of Topliss-reactive ketones (excluding diaryl/α,β-unsaturated/α-hetero) is 2. The van der Waals surface area contributed by atoms with E-state index in [1.165, 1.54) is 0 Å². The van der Waals surface area contributed by atoms with Gasteiger partial charge < -0.3 is 27.8 Å². The average Bonchev–Trinajstić information content (AvgIpc) is 3.10. The van der Waals surface area contributed by atoms with Crippen molar-refractivity contribution < 1.29 is 19.2 Å². The van der Waals surface area contributed by atoms with Gasteiger partial charge >= 0.3 is 0 Å². The highest BCUT2D eigenvalue weighted by atomic mass is 16.2. The van der Waals surface area contributed by atoms with E-state index in [0.29, 0.717) is 51.6 Å². The van der Waals surface area contributed by atoms with Crippen LogP contribution in [0.4, 0.5) is 0 Å². The Hall–Kier alpha value is -4.83. The number of carbonyl (C=O) groups is 4. The van der Waals surface area contributed by atoms with Crippen LogP contribution in [0.2, 0.25) is 0 Å². The van der Waals surface area contributed by atoms with E-state index in [0.717, 1.165) is 23.1 Å². The average molecular weight is 669 g/mol. The van der Waals surface area contributed by atoms with Crippen LogP contribution in [-0.2, 0) is 38.6 Å². The third-order valence-electron chi connectivity index (χ3n) is 8.54. The molecule has 4 atom stereocenters. The largest absolute Gasteiger partial charge is 0.370 e. The van der Waals surface area contributed by atoms with Crippen molar-refractivity contribution in [2.45, 2.75) is 83.3 Å². The number of aliphatic imine (C=N–C) groups is 1. The lowest BCUT2D eigenvalue weighted by Gasteiger charge is -2.24. The van der Waals surface area contributed by atoms with Crippen LogP contribution in [-0.4, -0.2) is 48.0 Å². The first-order valence-corrected chi connectivity index (χ1v) is 17.2. The maximum atomic E-state index is 13.9. The van der Waals surface area contributed by atoms with Gasteiger partial charge in [0.05, 0.1) is 12.1 Å². The molecule has 0 unspecified atom stereocenters. The smallest absolute Gasteiger partial charge is 0.224 e. The summed E-state index contributed by atoms with van der Waals surface area (Å²) in [4.78, 5) is 58.6. The van der Waals surface area contributed by atoms with Crippen LogP contribution < -0.4 is 27.8 Å². The van der Waals surface area contributed by atoms with Crippen LogP contribution in [0.5, 0.6) is 0 Å². The molecule has 3 aromatic carbocycles. The molecule has 0 radical (unpaired) electrons. The van der Waals surface area contributed by atoms with Gasteiger partial charge in [-0.25, -0.2) is 0 Å². The lowest BCUT2D eigenvalue weighted by atomic mass is 9.88. The van der Waals surface area contributed by atoms with Crippen LogP contribution >= 0.6 is 0 Å². The highest BCUT2D eigenvalue weighted by Crippen LogP contribution is 2.19. The molecule has 8 N–H and O–H groups in total. The van der Waals surface area contributed by atoms with Crippen LogP contribution in [0.15, 0.2) is 96.0 Å². The molecule has 10 heteroatoms. The Balaban J connectivity index is 1.75. The van der Waals surface area contributed by atoms with E-state index < -0.39 is 23.9 Å². The second kappa shape index (κ2) is 21.2. The monoisotopic (exact) mass is 668 g/mol. The highest BCUT2D eigenvalue weighted by Gasteiger charge is 2.31. The van der Waals surface area contributed by atoms with Crippen molar-refractivity contribution in [3.8, 4) is 0 Å². The van der Waals surface area contributed by atoms with E-state index in [1.807, 2.05) is 97.9 Å². The molecule has 0 bridgehead atoms. The van der Waals surface area contributed by atoms with Crippen molar-refractivity contribution in [1.29, 1.82) is 0 Å². The van der Waals surface area contributed by atoms with Gasteiger partial charge in [-0.05, 0) is 48.8 Å². The summed E-state index contributed by atoms with van der Waals surface area (Å²) in [7, 11) is 0. The summed E-state index contributed by atoms with van der Waals surface area (Å²) in [5.41, 5.74) is 20.1. The van der Waals surface area contributed by atoms with Crippen LogP contribution in [0, 0.1) is 11.8 Å². The molecule has 0 aliphatic rings. The van der Waals surface area contributed by atoms with Gasteiger partial charge in [0.1, 0.15) is 0 Å². The summed E-state index contributed by atoms with van der Waals surface area (Å²) < 4.78 is 0. The number of amides is 2. The van der Waals surface area contributed by atoms with E-state index in [1.54, 1.807) is 0 Å². The van der Waals surface area contributed by atoms with Crippen LogP contribution in [0.1, 0.15) is 68.6 Å². The van der Waals surface area contributed by atoms with Crippen molar-refractivity contribution in [3.05, 3.63) is 108 Å². The van der Waals surface area contributed by atoms with Gasteiger partial charge in [0.25, 0.3) is 0 Å². The Morgan fingerprint density at radius 1 is 0.673 bits per heavy atom. The molecule has 0 saturated carbocycles. The second-order valence-electron chi connectivity index (χ2n) is 12.6. The molecule has 0 heterocycles. The Kier molecular flexibility index (Phi) is 16.7. The van der Waals surface area contributed by atoms with Gasteiger partial charge in [-0.3, -0.25) is 24.2 Å². The topological polar surface area (TPSA) is 183 Å². The number of carbonyl (C=O) groups excluding carboxylic acids is 4. The maximum Gasteiger partial charge on any atom is 0.224 e. The van der Waals surface area contributed by atoms with Crippen molar-refractivity contribution in [1.82, 2.24) is 10.6 Å².